The van der Waals surface area contributed by atoms with Crippen molar-refractivity contribution < 1.29 is 27.4 Å². The van der Waals surface area contributed by atoms with Crippen LogP contribution in [0.15, 0.2) is 42.7 Å². The Labute approximate surface area is 219 Å². The van der Waals surface area contributed by atoms with Gasteiger partial charge in [-0.2, -0.15) is 13.2 Å². The van der Waals surface area contributed by atoms with Gasteiger partial charge in [0.2, 0.25) is 0 Å². The fourth-order valence-corrected chi connectivity index (χ4v) is 4.26. The summed E-state index contributed by atoms with van der Waals surface area (Å²) in [4.78, 5) is 20.9. The Morgan fingerprint density at radius 2 is 1.78 bits per heavy atom. The van der Waals surface area contributed by atoms with Gasteiger partial charge in [0.15, 0.2) is 5.75 Å². The molecule has 1 atom stereocenters. The highest BCUT2D eigenvalue weighted by atomic mass is 35.5. The number of nitrogens with zero attached hydrogens (tertiary/aromatic N) is 2. The van der Waals surface area contributed by atoms with Crippen molar-refractivity contribution in [3.05, 3.63) is 53.3 Å². The maximum atomic E-state index is 13.1. The van der Waals surface area contributed by atoms with Crippen molar-refractivity contribution in [2.75, 3.05) is 6.61 Å². The standard InChI is InChI=1S/C27H31ClF3N3O3/c1-16(2)13-26(6,34-24(35)37-25(3,4)5)15-36-23-14-33-22(12-20(23)28)19-9-10-32-21-11-17(27(29,30)31)7-8-18(19)21/h7-12,14,16H,13,15H2,1-6H3,(H,34,35)/t26-/m0/s1. The Bertz CT molecular complexity index is 1280. The van der Waals surface area contributed by atoms with Gasteiger partial charge in [-0.15, -0.1) is 0 Å². The van der Waals surface area contributed by atoms with E-state index in [0.29, 0.717) is 28.8 Å². The third-order valence-electron chi connectivity index (χ3n) is 5.37. The number of alkyl halides is 3. The van der Waals surface area contributed by atoms with Gasteiger partial charge in [-0.1, -0.05) is 31.5 Å². The predicted molar refractivity (Wildman–Crippen MR) is 138 cm³/mol. The molecule has 3 aromatic rings. The molecule has 200 valence electrons. The first kappa shape index (κ1) is 28.5. The second kappa shape index (κ2) is 10.7. The zero-order chi connectivity index (χ0) is 27.6. The van der Waals surface area contributed by atoms with E-state index >= 15 is 0 Å². The van der Waals surface area contributed by atoms with Gasteiger partial charge in [0, 0.05) is 17.1 Å². The monoisotopic (exact) mass is 537 g/mol. The summed E-state index contributed by atoms with van der Waals surface area (Å²) in [5, 5.41) is 3.69. The maximum absolute atomic E-state index is 13.1. The third kappa shape index (κ3) is 7.71. The topological polar surface area (TPSA) is 73.3 Å². The lowest BCUT2D eigenvalue weighted by Crippen LogP contribution is -2.52. The second-order valence-electron chi connectivity index (χ2n) is 10.7. The first-order valence-corrected chi connectivity index (χ1v) is 12.2. The molecule has 0 aliphatic carbocycles. The zero-order valence-electron chi connectivity index (χ0n) is 21.7. The van der Waals surface area contributed by atoms with E-state index in [9.17, 15) is 18.0 Å². The molecule has 0 saturated heterocycles. The molecule has 0 spiro atoms. The highest BCUT2D eigenvalue weighted by Crippen LogP contribution is 2.35. The predicted octanol–water partition coefficient (Wildman–Crippen LogP) is 7.68. The summed E-state index contributed by atoms with van der Waals surface area (Å²) in [6.45, 7) is 11.4. The molecule has 2 aromatic heterocycles. The maximum Gasteiger partial charge on any atom is 0.416 e. The van der Waals surface area contributed by atoms with Gasteiger partial charge in [0.05, 0.1) is 33.5 Å². The van der Waals surface area contributed by atoms with Gasteiger partial charge in [-0.25, -0.2) is 4.79 Å². The lowest BCUT2D eigenvalue weighted by Gasteiger charge is -2.33. The molecule has 0 bridgehead atoms. The molecule has 0 aliphatic rings. The van der Waals surface area contributed by atoms with Crippen molar-refractivity contribution >= 4 is 28.6 Å². The summed E-state index contributed by atoms with van der Waals surface area (Å²) in [5.41, 5.74) is -0.912. The van der Waals surface area contributed by atoms with Crippen LogP contribution in [0.1, 0.15) is 53.5 Å². The number of fused-ring (bicyclic) bond motifs is 1. The van der Waals surface area contributed by atoms with Crippen LogP contribution >= 0.6 is 11.6 Å². The smallest absolute Gasteiger partial charge is 0.416 e. The Kier molecular flexibility index (Phi) is 8.27. The van der Waals surface area contributed by atoms with Crippen molar-refractivity contribution in [2.45, 2.75) is 65.3 Å². The van der Waals surface area contributed by atoms with Crippen molar-refractivity contribution in [2.24, 2.45) is 5.92 Å². The minimum Gasteiger partial charge on any atom is -0.488 e. The van der Waals surface area contributed by atoms with Crippen LogP contribution in [0.25, 0.3) is 22.2 Å². The van der Waals surface area contributed by atoms with Crippen molar-refractivity contribution in [3.63, 3.8) is 0 Å². The van der Waals surface area contributed by atoms with E-state index in [1.165, 1.54) is 18.5 Å². The Morgan fingerprint density at radius 1 is 1.08 bits per heavy atom. The van der Waals surface area contributed by atoms with Crippen molar-refractivity contribution in [1.29, 1.82) is 0 Å². The third-order valence-corrected chi connectivity index (χ3v) is 5.67. The molecular formula is C27H31ClF3N3O3. The van der Waals surface area contributed by atoms with E-state index in [4.69, 9.17) is 21.1 Å². The van der Waals surface area contributed by atoms with Crippen LogP contribution < -0.4 is 10.1 Å². The van der Waals surface area contributed by atoms with E-state index in [2.05, 4.69) is 15.3 Å². The molecule has 2 heterocycles. The minimum atomic E-state index is -4.46. The summed E-state index contributed by atoms with van der Waals surface area (Å²) in [6, 6.07) is 6.65. The van der Waals surface area contributed by atoms with Gasteiger partial charge in [0.25, 0.3) is 0 Å². The normalized spacial score (nSPS) is 13.9. The van der Waals surface area contributed by atoms with Crippen molar-refractivity contribution in [1.82, 2.24) is 15.3 Å². The average molecular weight is 538 g/mol. The number of halogens is 4. The number of carbonyl (C=O) groups is 1. The molecule has 0 unspecified atom stereocenters. The van der Waals surface area contributed by atoms with Gasteiger partial charge in [0.1, 0.15) is 12.2 Å². The minimum absolute atomic E-state index is 0.115. The molecule has 10 heteroatoms. The fourth-order valence-electron chi connectivity index (χ4n) is 4.05. The molecule has 0 fully saturated rings. The number of carbonyl (C=O) groups excluding carboxylic acids is 1. The summed E-state index contributed by atoms with van der Waals surface area (Å²) in [5.74, 6) is 0.571. The SMILES string of the molecule is CC(C)C[C@@](C)(COc1cnc(-c2ccnc3cc(C(F)(F)F)ccc23)cc1Cl)NC(=O)OC(C)(C)C. The molecule has 6 nitrogen and oxygen atoms in total. The number of hydrogen-bond donors (Lipinski definition) is 1. The molecule has 0 aliphatic heterocycles. The molecule has 3 rings (SSSR count). The van der Waals surface area contributed by atoms with Crippen LogP contribution in [0, 0.1) is 5.92 Å². The number of rotatable bonds is 7. The van der Waals surface area contributed by atoms with E-state index in [0.717, 1.165) is 12.1 Å². The van der Waals surface area contributed by atoms with Gasteiger partial charge < -0.3 is 14.8 Å². The molecule has 37 heavy (non-hydrogen) atoms. The number of ether oxygens (including phenoxy) is 2. The van der Waals surface area contributed by atoms with E-state index < -0.39 is 29.0 Å². The van der Waals surface area contributed by atoms with Crippen LogP contribution in [0.3, 0.4) is 0 Å². The number of hydrogen-bond acceptors (Lipinski definition) is 5. The fraction of sp³-hybridized carbons (Fsp3) is 0.444. The molecule has 1 aromatic carbocycles. The van der Waals surface area contributed by atoms with E-state index in [-0.39, 0.29) is 23.1 Å². The van der Waals surface area contributed by atoms with Crippen LogP contribution in [0.2, 0.25) is 5.02 Å². The first-order valence-electron chi connectivity index (χ1n) is 11.8. The molecule has 1 amide bonds. The number of alkyl carbamates (subject to hydrolysis) is 1. The summed E-state index contributed by atoms with van der Waals surface area (Å²) in [7, 11) is 0. The summed E-state index contributed by atoms with van der Waals surface area (Å²) in [6.07, 6.45) is -1.50. The summed E-state index contributed by atoms with van der Waals surface area (Å²) < 4.78 is 50.7. The lowest BCUT2D eigenvalue weighted by molar-refractivity contribution is -0.137. The van der Waals surface area contributed by atoms with Crippen molar-refractivity contribution in [3.8, 4) is 17.0 Å². The van der Waals surface area contributed by atoms with Crippen LogP contribution in [-0.4, -0.2) is 33.8 Å². The van der Waals surface area contributed by atoms with Crippen LogP contribution in [0.5, 0.6) is 5.75 Å². The Hall–Kier alpha value is -3.07. The average Bonchev–Trinajstić information content (AvgIpc) is 2.74. The number of aromatic nitrogens is 2. The highest BCUT2D eigenvalue weighted by Gasteiger charge is 2.32. The number of nitrogens with one attached hydrogen (secondary N) is 1. The molecular weight excluding hydrogens is 507 g/mol. The zero-order valence-corrected chi connectivity index (χ0v) is 22.4. The number of pyridine rings is 2. The van der Waals surface area contributed by atoms with E-state index in [1.807, 2.05) is 20.8 Å². The number of amides is 1. The van der Waals surface area contributed by atoms with E-state index in [1.54, 1.807) is 32.9 Å². The lowest BCUT2D eigenvalue weighted by atomic mass is 9.91. The van der Waals surface area contributed by atoms with Crippen LogP contribution in [-0.2, 0) is 10.9 Å². The number of benzene rings is 1. The van der Waals surface area contributed by atoms with Gasteiger partial charge >= 0.3 is 12.3 Å². The van der Waals surface area contributed by atoms with Gasteiger partial charge in [-0.3, -0.25) is 9.97 Å². The molecule has 1 N–H and O–H groups in total. The summed E-state index contributed by atoms with van der Waals surface area (Å²) >= 11 is 6.50. The molecule has 0 radical (unpaired) electrons. The highest BCUT2D eigenvalue weighted by molar-refractivity contribution is 6.32. The van der Waals surface area contributed by atoms with Gasteiger partial charge in [-0.05, 0) is 64.3 Å². The first-order chi connectivity index (χ1) is 17.1. The quantitative estimate of drug-likeness (QED) is 0.334. The Morgan fingerprint density at radius 3 is 2.38 bits per heavy atom. The Balaban J connectivity index is 1.83. The second-order valence-corrected chi connectivity index (χ2v) is 11.1. The van der Waals surface area contributed by atoms with Crippen LogP contribution in [0.4, 0.5) is 18.0 Å². The largest absolute Gasteiger partial charge is 0.488 e. The molecule has 0 saturated carbocycles.